The van der Waals surface area contributed by atoms with Crippen molar-refractivity contribution in [2.24, 2.45) is 5.73 Å². The van der Waals surface area contributed by atoms with Crippen LogP contribution in [0.4, 0.5) is 0 Å². The molecule has 8 aliphatic heterocycles. The molecule has 0 amide bonds. The topological polar surface area (TPSA) is 88.6 Å². The van der Waals surface area contributed by atoms with Crippen LogP contribution in [0.3, 0.4) is 0 Å². The van der Waals surface area contributed by atoms with Crippen LogP contribution in [0.15, 0.2) is 0 Å². The molecule has 10 nitrogen and oxygen atoms in total. The van der Waals surface area contributed by atoms with E-state index in [1.54, 1.807) is 0 Å². The van der Waals surface area contributed by atoms with Crippen LogP contribution in [0.5, 0.6) is 0 Å². The number of hydrogen-bond donors (Lipinski definition) is 1. The first-order valence-corrected chi connectivity index (χ1v) is 8.69. The summed E-state index contributed by atoms with van der Waals surface area (Å²) in [7, 11) is 0. The van der Waals surface area contributed by atoms with Crippen molar-refractivity contribution in [3.8, 4) is 0 Å². The molecule has 134 valence electrons. The fraction of sp³-hybridized carbons (Fsp3) is 1.00. The third-order valence-electron chi connectivity index (χ3n) is 5.96. The summed E-state index contributed by atoms with van der Waals surface area (Å²) in [5.74, 6) is 0. The predicted molar refractivity (Wildman–Crippen MR) is 86.1 cm³/mol. The van der Waals surface area contributed by atoms with Crippen LogP contribution in [0, 0.1) is 10.1 Å². The molecular formula is C14H26N8O2. The average Bonchev–Trinajstić information content (AvgIpc) is 2.43. The lowest BCUT2D eigenvalue weighted by atomic mass is 9.92. The van der Waals surface area contributed by atoms with Crippen LogP contribution in [0.25, 0.3) is 0 Å². The number of nitrogens with two attached hydrogens (primary N) is 1. The molecule has 0 atom stereocenters. The fourth-order valence-corrected chi connectivity index (χ4v) is 5.62. The Morgan fingerprint density at radius 3 is 1.21 bits per heavy atom. The summed E-state index contributed by atoms with van der Waals surface area (Å²) in [6.07, 6.45) is 0. The molecule has 0 spiro atoms. The highest BCUT2D eigenvalue weighted by Gasteiger charge is 2.57. The average molecular weight is 338 g/mol. The minimum Gasteiger partial charge on any atom is -0.322 e. The Morgan fingerprint density at radius 1 is 0.667 bits per heavy atom. The first-order chi connectivity index (χ1) is 11.4. The first-order valence-electron chi connectivity index (χ1n) is 8.69. The molecular weight excluding hydrogens is 312 g/mol. The summed E-state index contributed by atoms with van der Waals surface area (Å²) < 4.78 is 0. The summed E-state index contributed by atoms with van der Waals surface area (Å²) in [4.78, 5) is 24.6. The zero-order chi connectivity index (χ0) is 16.5. The molecule has 8 heterocycles. The van der Waals surface area contributed by atoms with Gasteiger partial charge in [-0.1, -0.05) is 0 Å². The van der Waals surface area contributed by atoms with Gasteiger partial charge in [-0.3, -0.25) is 39.5 Å². The van der Waals surface area contributed by atoms with E-state index < -0.39 is 5.54 Å². The molecule has 8 fully saturated rings. The van der Waals surface area contributed by atoms with Crippen LogP contribution in [-0.4, -0.2) is 125 Å². The van der Waals surface area contributed by atoms with Gasteiger partial charge in [0, 0.05) is 24.6 Å². The van der Waals surface area contributed by atoms with E-state index >= 15 is 0 Å². The van der Waals surface area contributed by atoms with Gasteiger partial charge >= 0.3 is 0 Å². The molecule has 0 saturated carbocycles. The van der Waals surface area contributed by atoms with Crippen LogP contribution in [0.1, 0.15) is 0 Å². The molecule has 8 rings (SSSR count). The molecule has 2 N–H and O–H groups in total. The van der Waals surface area contributed by atoms with Crippen molar-refractivity contribution in [3.63, 3.8) is 0 Å². The van der Waals surface area contributed by atoms with Crippen molar-refractivity contribution < 1.29 is 4.92 Å². The maximum absolute atomic E-state index is 11.0. The molecule has 8 aliphatic rings. The summed E-state index contributed by atoms with van der Waals surface area (Å²) >= 11 is 0. The van der Waals surface area contributed by atoms with Crippen LogP contribution in [0.2, 0.25) is 0 Å². The van der Waals surface area contributed by atoms with Gasteiger partial charge in [-0.2, -0.15) is 0 Å². The fourth-order valence-electron chi connectivity index (χ4n) is 5.62. The molecule has 0 aromatic carbocycles. The maximum atomic E-state index is 11.0. The minimum atomic E-state index is -0.700. The maximum Gasteiger partial charge on any atom is 0.259 e. The van der Waals surface area contributed by atoms with E-state index in [9.17, 15) is 10.1 Å². The van der Waals surface area contributed by atoms with Crippen LogP contribution >= 0.6 is 0 Å². The second kappa shape index (κ2) is 5.07. The predicted octanol–water partition coefficient (Wildman–Crippen LogP) is -2.68. The van der Waals surface area contributed by atoms with E-state index in [2.05, 4.69) is 29.4 Å². The number of rotatable bonds is 1. The highest BCUT2D eigenvalue weighted by Crippen LogP contribution is 2.30. The normalized spacial score (nSPS) is 56.0. The van der Waals surface area contributed by atoms with E-state index in [0.717, 1.165) is 59.6 Å². The molecule has 0 aliphatic carbocycles. The van der Waals surface area contributed by atoms with Crippen molar-refractivity contribution >= 4 is 0 Å². The third kappa shape index (κ3) is 2.45. The Morgan fingerprint density at radius 2 is 0.958 bits per heavy atom. The Hall–Kier alpha value is -0.880. The summed E-state index contributed by atoms with van der Waals surface area (Å²) in [6.45, 7) is 11.3. The lowest BCUT2D eigenvalue weighted by Crippen LogP contribution is -2.78. The molecule has 0 aromatic rings. The van der Waals surface area contributed by atoms with Crippen LogP contribution in [-0.2, 0) is 0 Å². The van der Waals surface area contributed by atoms with E-state index in [-0.39, 0.29) is 10.5 Å². The second-order valence-corrected chi connectivity index (χ2v) is 8.67. The number of nitro groups is 1. The van der Waals surface area contributed by atoms with E-state index in [1.165, 1.54) is 0 Å². The van der Waals surface area contributed by atoms with Crippen molar-refractivity contribution in [1.29, 1.82) is 0 Å². The van der Waals surface area contributed by atoms with Gasteiger partial charge in [-0.15, -0.1) is 0 Å². The van der Waals surface area contributed by atoms with E-state index in [4.69, 9.17) is 5.73 Å². The zero-order valence-electron chi connectivity index (χ0n) is 14.0. The van der Waals surface area contributed by atoms with E-state index in [0.29, 0.717) is 19.6 Å². The Kier molecular flexibility index (Phi) is 3.25. The monoisotopic (exact) mass is 338 g/mol. The van der Waals surface area contributed by atoms with Gasteiger partial charge in [0.25, 0.3) is 5.54 Å². The molecule has 24 heavy (non-hydrogen) atoms. The third-order valence-corrected chi connectivity index (χ3v) is 5.96. The lowest BCUT2D eigenvalue weighted by molar-refractivity contribution is -0.587. The SMILES string of the molecule is NC12CN3CN(CN(C3)C1)C2.O=[N+]([O-])C12CN3CN(CN(C3)C1)C2. The highest BCUT2D eigenvalue weighted by atomic mass is 16.6. The second-order valence-electron chi connectivity index (χ2n) is 8.67. The van der Waals surface area contributed by atoms with Gasteiger partial charge in [0.15, 0.2) is 0 Å². The summed E-state index contributed by atoms with van der Waals surface area (Å²) in [6, 6.07) is 0. The molecule has 0 radical (unpaired) electrons. The van der Waals surface area contributed by atoms with Crippen molar-refractivity contribution in [3.05, 3.63) is 10.1 Å². The summed E-state index contributed by atoms with van der Waals surface area (Å²) in [5, 5.41) is 11.0. The molecule has 10 heteroatoms. The lowest BCUT2D eigenvalue weighted by Gasteiger charge is -2.59. The van der Waals surface area contributed by atoms with Crippen molar-refractivity contribution in [2.75, 3.05) is 79.3 Å². The molecule has 8 saturated heterocycles. The standard InChI is InChI=1S/C7H12N4O2.C7H14N4/c12-11(13)7-1-8-4-9(2-7)6-10(3-7)5-8;8-7-1-9-4-10(2-7)6-11(3-7)5-9/h1-6H2;1-6,8H2. The van der Waals surface area contributed by atoms with Gasteiger partial charge in [-0.05, 0) is 0 Å². The smallest absolute Gasteiger partial charge is 0.259 e. The van der Waals surface area contributed by atoms with Gasteiger partial charge < -0.3 is 5.73 Å². The molecule has 8 bridgehead atoms. The number of nitrogens with zero attached hydrogens (tertiary/aromatic N) is 7. The van der Waals surface area contributed by atoms with Gasteiger partial charge in [0.1, 0.15) is 0 Å². The Bertz CT molecular complexity index is 484. The highest BCUT2D eigenvalue weighted by molar-refractivity contribution is 5.03. The van der Waals surface area contributed by atoms with Gasteiger partial charge in [0.05, 0.1) is 65.2 Å². The van der Waals surface area contributed by atoms with Crippen molar-refractivity contribution in [2.45, 2.75) is 11.1 Å². The van der Waals surface area contributed by atoms with Crippen molar-refractivity contribution in [1.82, 2.24) is 29.4 Å². The Labute approximate surface area is 141 Å². The largest absolute Gasteiger partial charge is 0.322 e. The molecule has 0 aromatic heterocycles. The molecule has 0 unspecified atom stereocenters. The first kappa shape index (κ1) is 15.4. The van der Waals surface area contributed by atoms with Crippen LogP contribution < -0.4 is 5.73 Å². The van der Waals surface area contributed by atoms with Gasteiger partial charge in [0.2, 0.25) is 0 Å². The summed E-state index contributed by atoms with van der Waals surface area (Å²) in [5.41, 5.74) is 5.57. The zero-order valence-corrected chi connectivity index (χ0v) is 14.0. The van der Waals surface area contributed by atoms with Gasteiger partial charge in [-0.25, -0.2) is 0 Å². The Balaban J connectivity index is 0.000000110. The number of hydrogen-bond acceptors (Lipinski definition) is 9. The minimum absolute atomic E-state index is 0.0781. The quantitative estimate of drug-likeness (QED) is 0.406. The van der Waals surface area contributed by atoms with E-state index in [1.807, 2.05) is 0 Å².